The van der Waals surface area contributed by atoms with Crippen molar-refractivity contribution in [1.29, 1.82) is 0 Å². The Morgan fingerprint density at radius 2 is 1.31 bits per heavy atom. The Kier molecular flexibility index (Phi) is 6.25. The van der Waals surface area contributed by atoms with Crippen LogP contribution < -0.4 is 16.2 Å². The Labute approximate surface area is 154 Å². The molecule has 1 aliphatic carbocycles. The van der Waals surface area contributed by atoms with E-state index in [9.17, 15) is 9.59 Å². The van der Waals surface area contributed by atoms with Gasteiger partial charge >= 0.3 is 6.03 Å². The van der Waals surface area contributed by atoms with E-state index in [1.165, 1.54) is 6.42 Å². The molecule has 0 unspecified atom stereocenters. The minimum atomic E-state index is -0.479. The quantitative estimate of drug-likeness (QED) is 0.738. The molecule has 3 amide bonds. The predicted molar refractivity (Wildman–Crippen MR) is 101 cm³/mol. The first-order chi connectivity index (χ1) is 12.7. The lowest BCUT2D eigenvalue weighted by atomic mass is 9.91. The maximum absolute atomic E-state index is 12.8. The summed E-state index contributed by atoms with van der Waals surface area (Å²) in [7, 11) is 0. The molecule has 0 atom stereocenters. The molecule has 1 saturated carbocycles. The first kappa shape index (κ1) is 18.0. The van der Waals surface area contributed by atoms with Crippen molar-refractivity contribution in [3.8, 4) is 0 Å². The number of hydrogen-bond acceptors (Lipinski definition) is 2. The lowest BCUT2D eigenvalue weighted by Crippen LogP contribution is -2.51. The second-order valence-electron chi connectivity index (χ2n) is 6.68. The standard InChI is InChI=1S/C21H25N3O2/c25-20(23-24-21(26)22-18-14-8-3-9-15-18)19(16-10-4-1-5-11-16)17-12-6-2-7-13-17/h1-2,4-7,10-13,18-19H,3,8-9,14-15H2,(H,23,25)(H2,22,24,26). The van der Waals surface area contributed by atoms with Gasteiger partial charge in [0.05, 0.1) is 5.92 Å². The highest BCUT2D eigenvalue weighted by molar-refractivity contribution is 5.88. The highest BCUT2D eigenvalue weighted by Gasteiger charge is 2.23. The van der Waals surface area contributed by atoms with Crippen LogP contribution in [0.5, 0.6) is 0 Å². The Hall–Kier alpha value is -2.82. The summed E-state index contributed by atoms with van der Waals surface area (Å²) in [6.45, 7) is 0. The Morgan fingerprint density at radius 3 is 1.85 bits per heavy atom. The van der Waals surface area contributed by atoms with Gasteiger partial charge in [-0.1, -0.05) is 79.9 Å². The summed E-state index contributed by atoms with van der Waals surface area (Å²) in [6.07, 6.45) is 5.51. The second-order valence-corrected chi connectivity index (χ2v) is 6.68. The van der Waals surface area contributed by atoms with Gasteiger partial charge < -0.3 is 5.32 Å². The lowest BCUT2D eigenvalue weighted by Gasteiger charge is -2.23. The van der Waals surface area contributed by atoms with Gasteiger partial charge in [-0.3, -0.25) is 10.2 Å². The van der Waals surface area contributed by atoms with Gasteiger partial charge in [-0.2, -0.15) is 0 Å². The number of nitrogens with one attached hydrogen (secondary N) is 3. The lowest BCUT2D eigenvalue weighted by molar-refractivity contribution is -0.122. The highest BCUT2D eigenvalue weighted by Crippen LogP contribution is 2.24. The van der Waals surface area contributed by atoms with Crippen LogP contribution in [-0.4, -0.2) is 18.0 Å². The average molecular weight is 351 g/mol. The molecule has 3 N–H and O–H groups in total. The number of carbonyl (C=O) groups is 2. The molecule has 0 aliphatic heterocycles. The molecule has 0 radical (unpaired) electrons. The van der Waals surface area contributed by atoms with Crippen molar-refractivity contribution in [2.24, 2.45) is 0 Å². The molecule has 26 heavy (non-hydrogen) atoms. The molecule has 0 heterocycles. The van der Waals surface area contributed by atoms with Gasteiger partial charge in [-0.15, -0.1) is 0 Å². The first-order valence-corrected chi connectivity index (χ1v) is 9.20. The van der Waals surface area contributed by atoms with Gasteiger partial charge in [0, 0.05) is 6.04 Å². The zero-order chi connectivity index (χ0) is 18.2. The van der Waals surface area contributed by atoms with E-state index in [0.717, 1.165) is 36.8 Å². The fourth-order valence-corrected chi connectivity index (χ4v) is 3.45. The van der Waals surface area contributed by atoms with Gasteiger partial charge in [0.25, 0.3) is 0 Å². The molecule has 3 rings (SSSR count). The molecule has 1 fully saturated rings. The van der Waals surface area contributed by atoms with Crippen molar-refractivity contribution >= 4 is 11.9 Å². The zero-order valence-electron chi connectivity index (χ0n) is 14.8. The van der Waals surface area contributed by atoms with Crippen molar-refractivity contribution in [2.45, 2.75) is 44.1 Å². The van der Waals surface area contributed by atoms with E-state index >= 15 is 0 Å². The number of hydrogen-bond donors (Lipinski definition) is 3. The third-order valence-electron chi connectivity index (χ3n) is 4.77. The number of carbonyl (C=O) groups excluding carboxylic acids is 2. The van der Waals surface area contributed by atoms with Crippen LogP contribution in [0, 0.1) is 0 Å². The second kappa shape index (κ2) is 9.04. The Bertz CT molecular complexity index is 673. The minimum Gasteiger partial charge on any atom is -0.334 e. The molecule has 1 aliphatic rings. The molecule has 136 valence electrons. The van der Waals surface area contributed by atoms with Crippen LogP contribution in [0.1, 0.15) is 49.1 Å². The third-order valence-corrected chi connectivity index (χ3v) is 4.77. The fraction of sp³-hybridized carbons (Fsp3) is 0.333. The van der Waals surface area contributed by atoms with E-state index in [2.05, 4.69) is 16.2 Å². The van der Waals surface area contributed by atoms with Crippen molar-refractivity contribution in [1.82, 2.24) is 16.2 Å². The molecule has 0 spiro atoms. The van der Waals surface area contributed by atoms with Crippen molar-refractivity contribution in [3.63, 3.8) is 0 Å². The highest BCUT2D eigenvalue weighted by atomic mass is 16.2. The van der Waals surface area contributed by atoms with Crippen molar-refractivity contribution in [3.05, 3.63) is 71.8 Å². The van der Waals surface area contributed by atoms with Crippen LogP contribution in [0.2, 0.25) is 0 Å². The maximum Gasteiger partial charge on any atom is 0.333 e. The molecule has 5 nitrogen and oxygen atoms in total. The molecule has 0 aromatic heterocycles. The van der Waals surface area contributed by atoms with E-state index in [1.54, 1.807) is 0 Å². The summed E-state index contributed by atoms with van der Waals surface area (Å²) in [5.74, 6) is -0.742. The van der Waals surface area contributed by atoms with E-state index < -0.39 is 5.92 Å². The maximum atomic E-state index is 12.8. The Balaban J connectivity index is 1.63. The average Bonchev–Trinajstić information content (AvgIpc) is 2.69. The SMILES string of the molecule is O=C(NNC(=O)C(c1ccccc1)c1ccccc1)NC1CCCCC1. The van der Waals surface area contributed by atoms with Crippen molar-refractivity contribution < 1.29 is 9.59 Å². The topological polar surface area (TPSA) is 70.2 Å². The van der Waals surface area contributed by atoms with Gasteiger partial charge in [0.1, 0.15) is 0 Å². The fourth-order valence-electron chi connectivity index (χ4n) is 3.45. The summed E-state index contributed by atoms with van der Waals surface area (Å²) in [5, 5.41) is 2.93. The van der Waals surface area contributed by atoms with Gasteiger partial charge in [-0.05, 0) is 24.0 Å². The van der Waals surface area contributed by atoms with Crippen LogP contribution in [0.3, 0.4) is 0 Å². The summed E-state index contributed by atoms with van der Waals surface area (Å²) < 4.78 is 0. The van der Waals surface area contributed by atoms with E-state index in [1.807, 2.05) is 60.7 Å². The summed E-state index contributed by atoms with van der Waals surface area (Å²) in [4.78, 5) is 24.9. The number of benzene rings is 2. The van der Waals surface area contributed by atoms with E-state index in [4.69, 9.17) is 0 Å². The zero-order valence-corrected chi connectivity index (χ0v) is 14.8. The van der Waals surface area contributed by atoms with E-state index in [-0.39, 0.29) is 18.0 Å². The van der Waals surface area contributed by atoms with Gasteiger partial charge in [-0.25, -0.2) is 10.2 Å². The molecule has 5 heteroatoms. The van der Waals surface area contributed by atoms with Gasteiger partial charge in [0.15, 0.2) is 0 Å². The van der Waals surface area contributed by atoms with Crippen LogP contribution >= 0.6 is 0 Å². The number of urea groups is 1. The van der Waals surface area contributed by atoms with E-state index in [0.29, 0.717) is 0 Å². The molecule has 0 bridgehead atoms. The summed E-state index contributed by atoms with van der Waals surface area (Å²) in [5.41, 5.74) is 6.83. The normalized spacial score (nSPS) is 14.7. The molecular weight excluding hydrogens is 326 g/mol. The smallest absolute Gasteiger partial charge is 0.333 e. The molecule has 2 aromatic carbocycles. The largest absolute Gasteiger partial charge is 0.334 e. The summed E-state index contributed by atoms with van der Waals surface area (Å²) in [6, 6.07) is 19.0. The predicted octanol–water partition coefficient (Wildman–Crippen LogP) is 3.48. The minimum absolute atomic E-state index is 0.194. The number of rotatable bonds is 4. The Morgan fingerprint density at radius 1 is 0.769 bits per heavy atom. The third kappa shape index (κ3) is 4.85. The number of amides is 3. The molecule has 0 saturated heterocycles. The number of hydrazine groups is 1. The molecular formula is C21H25N3O2. The summed E-state index contributed by atoms with van der Waals surface area (Å²) >= 11 is 0. The monoisotopic (exact) mass is 351 g/mol. The molecule has 2 aromatic rings. The van der Waals surface area contributed by atoms with Crippen LogP contribution in [0.15, 0.2) is 60.7 Å². The van der Waals surface area contributed by atoms with Gasteiger partial charge in [0.2, 0.25) is 5.91 Å². The van der Waals surface area contributed by atoms with Crippen LogP contribution in [0.4, 0.5) is 4.79 Å². The van der Waals surface area contributed by atoms with Crippen molar-refractivity contribution in [2.75, 3.05) is 0 Å². The van der Waals surface area contributed by atoms with Crippen LogP contribution in [0.25, 0.3) is 0 Å². The first-order valence-electron chi connectivity index (χ1n) is 9.20. The van der Waals surface area contributed by atoms with Crippen LogP contribution in [-0.2, 0) is 4.79 Å².